The Morgan fingerprint density at radius 2 is 2.05 bits per heavy atom. The van der Waals surface area contributed by atoms with E-state index in [-0.39, 0.29) is 17.7 Å². The van der Waals surface area contributed by atoms with Gasteiger partial charge in [0.2, 0.25) is 5.91 Å². The molecule has 0 radical (unpaired) electrons. The van der Waals surface area contributed by atoms with E-state index < -0.39 is 23.6 Å². The van der Waals surface area contributed by atoms with E-state index >= 15 is 0 Å². The fourth-order valence-corrected chi connectivity index (χ4v) is 2.17. The number of carbonyl (C=O) groups excluding carboxylic acids is 1. The highest BCUT2D eigenvalue weighted by Gasteiger charge is 2.17. The first-order chi connectivity index (χ1) is 10.5. The molecule has 1 N–H and O–H groups in total. The van der Waals surface area contributed by atoms with Gasteiger partial charge in [-0.1, -0.05) is 13.0 Å². The molecule has 0 aliphatic rings. The summed E-state index contributed by atoms with van der Waals surface area (Å²) >= 11 is 0. The van der Waals surface area contributed by atoms with Gasteiger partial charge in [-0.2, -0.15) is 0 Å². The lowest BCUT2D eigenvalue weighted by Gasteiger charge is -2.18. The van der Waals surface area contributed by atoms with E-state index in [1.807, 2.05) is 0 Å². The molecule has 0 saturated carbocycles. The van der Waals surface area contributed by atoms with Gasteiger partial charge in [0.1, 0.15) is 18.2 Å². The van der Waals surface area contributed by atoms with Gasteiger partial charge in [-0.25, -0.2) is 8.78 Å². The van der Waals surface area contributed by atoms with E-state index in [0.717, 1.165) is 18.2 Å². The second-order valence-electron chi connectivity index (χ2n) is 4.86. The predicted molar refractivity (Wildman–Crippen MR) is 78.2 cm³/mol. The Hall–Kier alpha value is -2.50. The van der Waals surface area contributed by atoms with E-state index in [9.17, 15) is 18.4 Å². The lowest BCUT2D eigenvalue weighted by atomic mass is 10.0. The third kappa shape index (κ3) is 3.78. The molecule has 0 bridgehead atoms. The molecule has 2 aromatic rings. The first kappa shape index (κ1) is 15.9. The summed E-state index contributed by atoms with van der Waals surface area (Å²) in [6.45, 7) is 1.58. The average molecular weight is 306 g/mol. The van der Waals surface area contributed by atoms with Gasteiger partial charge >= 0.3 is 0 Å². The molecule has 116 valence electrons. The molecular weight excluding hydrogens is 290 g/mol. The lowest BCUT2D eigenvalue weighted by Crippen LogP contribution is -2.34. The largest absolute Gasteiger partial charge is 0.348 e. The number of amides is 1. The van der Waals surface area contributed by atoms with Crippen LogP contribution in [0.15, 0.2) is 47.4 Å². The molecule has 1 amide bonds. The summed E-state index contributed by atoms with van der Waals surface area (Å²) < 4.78 is 28.3. The molecule has 1 aromatic heterocycles. The molecule has 1 atom stereocenters. The molecule has 1 heterocycles. The number of hydrogen-bond donors (Lipinski definition) is 1. The van der Waals surface area contributed by atoms with Crippen LogP contribution in [-0.4, -0.2) is 10.5 Å². The van der Waals surface area contributed by atoms with Crippen LogP contribution in [-0.2, 0) is 11.3 Å². The molecule has 4 nitrogen and oxygen atoms in total. The highest BCUT2D eigenvalue weighted by molar-refractivity contribution is 5.76. The van der Waals surface area contributed by atoms with Crippen LogP contribution in [0, 0.1) is 11.6 Å². The zero-order valence-electron chi connectivity index (χ0n) is 12.1. The van der Waals surface area contributed by atoms with Gasteiger partial charge in [0, 0.05) is 17.8 Å². The quantitative estimate of drug-likeness (QED) is 0.922. The molecule has 2 rings (SSSR count). The number of nitrogens with one attached hydrogen (secondary N) is 1. The number of carbonyl (C=O) groups is 1. The van der Waals surface area contributed by atoms with Crippen LogP contribution in [0.3, 0.4) is 0 Å². The molecular formula is C16H16F2N2O2. The van der Waals surface area contributed by atoms with E-state index in [0.29, 0.717) is 6.42 Å². The highest BCUT2D eigenvalue weighted by Crippen LogP contribution is 2.21. The van der Waals surface area contributed by atoms with Crippen molar-refractivity contribution in [3.63, 3.8) is 0 Å². The van der Waals surface area contributed by atoms with Crippen molar-refractivity contribution < 1.29 is 13.6 Å². The van der Waals surface area contributed by atoms with Crippen molar-refractivity contribution in [2.45, 2.75) is 25.9 Å². The number of hydrogen-bond acceptors (Lipinski definition) is 2. The third-order valence-electron chi connectivity index (χ3n) is 3.29. The first-order valence-electron chi connectivity index (χ1n) is 6.91. The molecule has 0 spiro atoms. The van der Waals surface area contributed by atoms with Crippen LogP contribution < -0.4 is 10.9 Å². The van der Waals surface area contributed by atoms with Crippen molar-refractivity contribution in [3.05, 3.63) is 70.1 Å². The van der Waals surface area contributed by atoms with Gasteiger partial charge in [-0.15, -0.1) is 0 Å². The number of halogens is 2. The number of pyridine rings is 1. The summed E-state index contributed by atoms with van der Waals surface area (Å²) in [7, 11) is 0. The Labute approximate surface area is 126 Å². The van der Waals surface area contributed by atoms with Crippen molar-refractivity contribution in [2.24, 2.45) is 0 Å². The second kappa shape index (κ2) is 6.98. The monoisotopic (exact) mass is 306 g/mol. The van der Waals surface area contributed by atoms with Crippen molar-refractivity contribution in [1.29, 1.82) is 0 Å². The van der Waals surface area contributed by atoms with Gasteiger partial charge in [0.15, 0.2) is 0 Å². The zero-order chi connectivity index (χ0) is 16.1. The molecule has 0 aliphatic heterocycles. The molecule has 1 aromatic carbocycles. The molecule has 22 heavy (non-hydrogen) atoms. The Bertz CT molecular complexity index is 728. The fourth-order valence-electron chi connectivity index (χ4n) is 2.17. The summed E-state index contributed by atoms with van der Waals surface area (Å²) in [4.78, 5) is 23.6. The number of rotatable bonds is 5. The summed E-state index contributed by atoms with van der Waals surface area (Å²) in [6, 6.07) is 7.03. The minimum absolute atomic E-state index is 0.0938. The molecule has 0 fully saturated rings. The summed E-state index contributed by atoms with van der Waals surface area (Å²) in [5.74, 6) is -1.59. The molecule has 1 unspecified atom stereocenters. The lowest BCUT2D eigenvalue weighted by molar-refractivity contribution is -0.122. The highest BCUT2D eigenvalue weighted by atomic mass is 19.1. The average Bonchev–Trinajstić information content (AvgIpc) is 2.50. The Morgan fingerprint density at radius 1 is 1.27 bits per heavy atom. The number of nitrogens with zero attached hydrogens (tertiary/aromatic N) is 1. The van der Waals surface area contributed by atoms with Gasteiger partial charge < -0.3 is 9.88 Å². The van der Waals surface area contributed by atoms with Crippen molar-refractivity contribution in [1.82, 2.24) is 9.88 Å². The van der Waals surface area contributed by atoms with E-state index in [2.05, 4.69) is 5.32 Å². The maximum absolute atomic E-state index is 13.8. The minimum atomic E-state index is -0.650. The summed E-state index contributed by atoms with van der Waals surface area (Å²) in [5.41, 5.74) is -0.209. The molecule has 0 saturated heterocycles. The Morgan fingerprint density at radius 3 is 2.73 bits per heavy atom. The van der Waals surface area contributed by atoms with Crippen molar-refractivity contribution >= 4 is 5.91 Å². The number of benzene rings is 1. The van der Waals surface area contributed by atoms with Crippen molar-refractivity contribution in [2.75, 3.05) is 0 Å². The molecule has 6 heteroatoms. The van der Waals surface area contributed by atoms with E-state index in [4.69, 9.17) is 0 Å². The van der Waals surface area contributed by atoms with Gasteiger partial charge in [0.05, 0.1) is 6.04 Å². The standard InChI is InChI=1S/C16H16F2N2O2/c1-2-14(12-9-11(17)6-7-13(12)18)19-15(21)10-20-8-4-3-5-16(20)22/h3-9,14H,2,10H2,1H3,(H,19,21). The zero-order valence-corrected chi connectivity index (χ0v) is 12.1. The predicted octanol–water partition coefficient (Wildman–Crippen LogP) is 2.39. The van der Waals surface area contributed by atoms with Crippen LogP contribution in [0.4, 0.5) is 8.78 Å². The van der Waals surface area contributed by atoms with Crippen molar-refractivity contribution in [3.8, 4) is 0 Å². The van der Waals surface area contributed by atoms with Crippen LogP contribution in [0.25, 0.3) is 0 Å². The molecule has 0 aliphatic carbocycles. The van der Waals surface area contributed by atoms with Crippen LogP contribution in [0.5, 0.6) is 0 Å². The van der Waals surface area contributed by atoms with Gasteiger partial charge in [0.25, 0.3) is 5.56 Å². The Kier molecular flexibility index (Phi) is 5.04. The van der Waals surface area contributed by atoms with E-state index in [1.165, 1.54) is 16.8 Å². The normalized spacial score (nSPS) is 12.0. The smallest absolute Gasteiger partial charge is 0.250 e. The fraction of sp³-hybridized carbons (Fsp3) is 0.250. The van der Waals surface area contributed by atoms with Gasteiger partial charge in [-0.05, 0) is 30.7 Å². The Balaban J connectivity index is 2.13. The van der Waals surface area contributed by atoms with Crippen LogP contribution in [0.2, 0.25) is 0 Å². The number of aromatic nitrogens is 1. The van der Waals surface area contributed by atoms with Crippen LogP contribution in [0.1, 0.15) is 24.9 Å². The first-order valence-corrected chi connectivity index (χ1v) is 6.91. The summed E-state index contributed by atoms with van der Waals surface area (Å²) in [6.07, 6.45) is 1.89. The maximum Gasteiger partial charge on any atom is 0.250 e. The van der Waals surface area contributed by atoms with Crippen LogP contribution >= 0.6 is 0 Å². The topological polar surface area (TPSA) is 51.1 Å². The SMILES string of the molecule is CCC(NC(=O)Cn1ccccc1=O)c1cc(F)ccc1F. The maximum atomic E-state index is 13.8. The van der Waals surface area contributed by atoms with E-state index in [1.54, 1.807) is 19.1 Å². The van der Waals surface area contributed by atoms with Gasteiger partial charge in [-0.3, -0.25) is 9.59 Å². The second-order valence-corrected chi connectivity index (χ2v) is 4.86. The minimum Gasteiger partial charge on any atom is -0.348 e. The summed E-state index contributed by atoms with van der Waals surface area (Å²) in [5, 5.41) is 2.62. The third-order valence-corrected chi connectivity index (χ3v) is 3.29.